The maximum Gasteiger partial charge on any atom is 0.138 e. The van der Waals surface area contributed by atoms with Crippen LogP contribution in [0, 0.1) is 5.82 Å². The van der Waals surface area contributed by atoms with E-state index in [1.165, 1.54) is 6.07 Å². The Morgan fingerprint density at radius 1 is 1.00 bits per heavy atom. The smallest absolute Gasteiger partial charge is 0.138 e. The van der Waals surface area contributed by atoms with Gasteiger partial charge in [-0.15, -0.1) is 0 Å². The maximum absolute atomic E-state index is 14.0. The van der Waals surface area contributed by atoms with Gasteiger partial charge in [0.15, 0.2) is 0 Å². The van der Waals surface area contributed by atoms with Crippen LogP contribution in [0.2, 0.25) is 0 Å². The highest BCUT2D eigenvalue weighted by Gasteiger charge is 2.25. The van der Waals surface area contributed by atoms with Gasteiger partial charge in [-0.05, 0) is 54.0 Å². The fourth-order valence-corrected chi connectivity index (χ4v) is 3.71. The van der Waals surface area contributed by atoms with Crippen molar-refractivity contribution < 1.29 is 9.13 Å². The molecule has 0 heterocycles. The van der Waals surface area contributed by atoms with Crippen LogP contribution in [-0.4, -0.2) is 6.54 Å². The van der Waals surface area contributed by atoms with E-state index in [4.69, 9.17) is 4.74 Å². The summed E-state index contributed by atoms with van der Waals surface area (Å²) in [4.78, 5) is 0. The molecule has 0 fully saturated rings. The monoisotopic (exact) mass is 415 g/mol. The molecule has 3 rings (SSSR count). The molecule has 0 amide bonds. The molecule has 4 heteroatoms. The van der Waals surface area contributed by atoms with Gasteiger partial charge < -0.3 is 10.1 Å². The number of hydrogen-bond acceptors (Lipinski definition) is 2. The van der Waals surface area contributed by atoms with Crippen LogP contribution in [0.3, 0.4) is 0 Å². The first kappa shape index (κ1) is 18.9. The van der Waals surface area contributed by atoms with E-state index in [2.05, 4.69) is 42.0 Å². The van der Waals surface area contributed by atoms with Crippen LogP contribution in [0.4, 0.5) is 4.39 Å². The minimum absolute atomic E-state index is 0.268. The van der Waals surface area contributed by atoms with Gasteiger partial charge in [-0.3, -0.25) is 0 Å². The van der Waals surface area contributed by atoms with Gasteiger partial charge in [-0.1, -0.05) is 49.4 Å². The summed E-state index contributed by atoms with van der Waals surface area (Å²) in [5.41, 5.74) is 1.88. The topological polar surface area (TPSA) is 21.3 Å². The zero-order chi connectivity index (χ0) is 18.7. The van der Waals surface area contributed by atoms with Crippen LogP contribution in [-0.2, 0) is 12.1 Å². The number of hydrogen-bond donors (Lipinski definition) is 1. The van der Waals surface area contributed by atoms with Crippen LogP contribution in [0.1, 0.15) is 31.9 Å². The van der Waals surface area contributed by atoms with Crippen molar-refractivity contribution in [2.75, 3.05) is 6.54 Å². The van der Waals surface area contributed by atoms with Gasteiger partial charge in [0.25, 0.3) is 0 Å². The summed E-state index contributed by atoms with van der Waals surface area (Å²) in [6.45, 7) is 7.65. The number of nitrogens with one attached hydrogen (secondary N) is 1. The van der Waals surface area contributed by atoms with E-state index in [1.807, 2.05) is 42.5 Å². The molecule has 0 atom stereocenters. The summed E-state index contributed by atoms with van der Waals surface area (Å²) >= 11 is 3.37. The third-order valence-corrected chi connectivity index (χ3v) is 5.36. The van der Waals surface area contributed by atoms with Crippen molar-refractivity contribution in [2.45, 2.75) is 32.9 Å². The summed E-state index contributed by atoms with van der Waals surface area (Å²) in [7, 11) is 0. The molecule has 0 unspecified atom stereocenters. The molecule has 0 bridgehead atoms. The average molecular weight is 416 g/mol. The highest BCUT2D eigenvalue weighted by Crippen LogP contribution is 2.40. The summed E-state index contributed by atoms with van der Waals surface area (Å²) in [5.74, 6) is 0.517. The van der Waals surface area contributed by atoms with E-state index < -0.39 is 0 Å². The Morgan fingerprint density at radius 3 is 2.38 bits per heavy atom. The summed E-state index contributed by atoms with van der Waals surface area (Å²) in [6.07, 6.45) is 0. The Bertz CT molecular complexity index is 909. The molecular formula is C22H23BrFNO. The van der Waals surface area contributed by atoms with Crippen molar-refractivity contribution in [3.8, 4) is 5.75 Å². The Balaban J connectivity index is 2.12. The van der Waals surface area contributed by atoms with Gasteiger partial charge in [0.1, 0.15) is 18.2 Å². The van der Waals surface area contributed by atoms with Gasteiger partial charge >= 0.3 is 0 Å². The van der Waals surface area contributed by atoms with Crippen LogP contribution in [0.15, 0.2) is 59.1 Å². The lowest BCUT2D eigenvalue weighted by atomic mass is 9.90. The molecule has 0 saturated carbocycles. The van der Waals surface area contributed by atoms with Crippen molar-refractivity contribution in [3.63, 3.8) is 0 Å². The Morgan fingerprint density at radius 2 is 1.69 bits per heavy atom. The second-order valence-electron chi connectivity index (χ2n) is 6.83. The van der Waals surface area contributed by atoms with E-state index in [0.29, 0.717) is 11.1 Å². The molecule has 3 aromatic rings. The first-order chi connectivity index (χ1) is 12.4. The molecule has 0 radical (unpaired) electrons. The molecule has 0 spiro atoms. The molecular weight excluding hydrogens is 393 g/mol. The lowest BCUT2D eigenvalue weighted by Crippen LogP contribution is -2.36. The van der Waals surface area contributed by atoms with Crippen LogP contribution in [0.5, 0.6) is 5.75 Å². The van der Waals surface area contributed by atoms with Gasteiger partial charge in [0.05, 0.1) is 4.47 Å². The molecule has 0 aliphatic heterocycles. The summed E-state index contributed by atoms with van der Waals surface area (Å²) < 4.78 is 20.7. The molecule has 3 aromatic carbocycles. The first-order valence-electron chi connectivity index (χ1n) is 8.77. The van der Waals surface area contributed by atoms with E-state index >= 15 is 0 Å². The molecule has 136 valence electrons. The second kappa shape index (κ2) is 7.77. The van der Waals surface area contributed by atoms with Crippen molar-refractivity contribution in [2.24, 2.45) is 0 Å². The molecule has 2 nitrogen and oxygen atoms in total. The highest BCUT2D eigenvalue weighted by molar-refractivity contribution is 9.10. The van der Waals surface area contributed by atoms with Gasteiger partial charge in [0.2, 0.25) is 0 Å². The summed E-state index contributed by atoms with van der Waals surface area (Å²) in [5, 5.41) is 5.21. The minimum atomic E-state index is -0.273. The van der Waals surface area contributed by atoms with Crippen molar-refractivity contribution in [1.82, 2.24) is 5.32 Å². The van der Waals surface area contributed by atoms with E-state index in [1.54, 1.807) is 6.07 Å². The fraction of sp³-hybridized carbons (Fsp3) is 0.273. The zero-order valence-corrected chi connectivity index (χ0v) is 16.9. The fourth-order valence-electron chi connectivity index (χ4n) is 3.23. The third-order valence-electron chi connectivity index (χ3n) is 4.56. The normalized spacial score (nSPS) is 11.7. The molecule has 0 aromatic heterocycles. The highest BCUT2D eigenvalue weighted by atomic mass is 79.9. The molecule has 26 heavy (non-hydrogen) atoms. The maximum atomic E-state index is 14.0. The molecule has 0 aliphatic rings. The summed E-state index contributed by atoms with van der Waals surface area (Å²) in [6, 6.07) is 17.3. The van der Waals surface area contributed by atoms with Crippen LogP contribution >= 0.6 is 15.9 Å². The standard InChI is InChI=1S/C22H23BrFNO/c1-4-25-22(2,3)18-12-10-16-17(11-13-19(24)20(16)23)21(18)26-14-15-8-6-5-7-9-15/h5-13,25H,4,14H2,1-3H3. The minimum Gasteiger partial charge on any atom is -0.488 e. The largest absolute Gasteiger partial charge is 0.488 e. The number of fused-ring (bicyclic) bond motifs is 1. The van der Waals surface area contributed by atoms with Gasteiger partial charge in [-0.25, -0.2) is 4.39 Å². The number of halogens is 2. The van der Waals surface area contributed by atoms with E-state index in [9.17, 15) is 4.39 Å². The predicted molar refractivity (Wildman–Crippen MR) is 109 cm³/mol. The van der Waals surface area contributed by atoms with Gasteiger partial charge in [-0.2, -0.15) is 0 Å². The van der Waals surface area contributed by atoms with Gasteiger partial charge in [0, 0.05) is 21.9 Å². The zero-order valence-electron chi connectivity index (χ0n) is 15.3. The Kier molecular flexibility index (Phi) is 5.64. The average Bonchev–Trinajstić information content (AvgIpc) is 2.63. The molecule has 0 aliphatic carbocycles. The third kappa shape index (κ3) is 3.76. The quantitative estimate of drug-likeness (QED) is 0.519. The number of ether oxygens (including phenoxy) is 1. The Labute approximate surface area is 162 Å². The van der Waals surface area contributed by atoms with E-state index in [0.717, 1.165) is 34.2 Å². The molecule has 1 N–H and O–H groups in total. The lowest BCUT2D eigenvalue weighted by molar-refractivity contribution is 0.293. The number of rotatable bonds is 6. The van der Waals surface area contributed by atoms with E-state index in [-0.39, 0.29) is 11.4 Å². The molecule has 0 saturated heterocycles. The van der Waals surface area contributed by atoms with Crippen LogP contribution in [0.25, 0.3) is 10.8 Å². The van der Waals surface area contributed by atoms with Crippen LogP contribution < -0.4 is 10.1 Å². The second-order valence-corrected chi connectivity index (χ2v) is 7.62. The van der Waals surface area contributed by atoms with Crippen molar-refractivity contribution >= 4 is 26.7 Å². The van der Waals surface area contributed by atoms with Crippen molar-refractivity contribution in [3.05, 3.63) is 76.0 Å². The SMILES string of the molecule is CCNC(C)(C)c1ccc2c(Br)c(F)ccc2c1OCc1ccccc1. The Hall–Kier alpha value is -1.91. The lowest BCUT2D eigenvalue weighted by Gasteiger charge is -2.29. The first-order valence-corrected chi connectivity index (χ1v) is 9.56. The van der Waals surface area contributed by atoms with Crippen molar-refractivity contribution in [1.29, 1.82) is 0 Å². The number of benzene rings is 3. The predicted octanol–water partition coefficient (Wildman–Crippen LogP) is 6.17.